The number of hydrogen-bond donors (Lipinski definition) is 1. The molecule has 0 saturated heterocycles. The zero-order valence-electron chi connectivity index (χ0n) is 5.36. The van der Waals surface area contributed by atoms with E-state index >= 15 is 0 Å². The summed E-state index contributed by atoms with van der Waals surface area (Å²) < 4.78 is 0. The van der Waals surface area contributed by atoms with Gasteiger partial charge in [0.05, 0.1) is 5.60 Å². The van der Waals surface area contributed by atoms with Gasteiger partial charge in [0.1, 0.15) is 0 Å². The number of rotatable bonds is 2. The van der Waals surface area contributed by atoms with E-state index in [4.69, 9.17) is 11.5 Å². The first-order valence-electron chi connectivity index (χ1n) is 2.68. The molecule has 0 heterocycles. The Morgan fingerprint density at radius 2 is 2.12 bits per heavy atom. The summed E-state index contributed by atoms with van der Waals surface area (Å²) in [6.45, 7) is 3.45. The van der Waals surface area contributed by atoms with E-state index in [-0.39, 0.29) is 0 Å². The van der Waals surface area contributed by atoms with Gasteiger partial charge in [-0.15, -0.1) is 0 Å². The summed E-state index contributed by atoms with van der Waals surface area (Å²) in [5.74, 6) is 2.21. The van der Waals surface area contributed by atoms with Crippen LogP contribution in [0.1, 0.15) is 26.7 Å². The molecule has 45 valence electrons. The molecule has 0 spiro atoms. The molecule has 0 rings (SSSR count). The van der Waals surface area contributed by atoms with E-state index in [1.54, 1.807) is 13.8 Å². The Hall–Kier alpha value is -0.480. The van der Waals surface area contributed by atoms with Gasteiger partial charge in [0.25, 0.3) is 0 Å². The average molecular weight is 111 g/mol. The van der Waals surface area contributed by atoms with Gasteiger partial charge in [-0.1, -0.05) is 5.92 Å². The minimum atomic E-state index is -0.631. The van der Waals surface area contributed by atoms with Crippen molar-refractivity contribution in [3.05, 3.63) is 6.42 Å². The molecule has 0 bridgehead atoms. The van der Waals surface area contributed by atoms with E-state index < -0.39 is 5.60 Å². The third kappa shape index (κ3) is 5.52. The summed E-state index contributed by atoms with van der Waals surface area (Å²) in [6, 6.07) is 0. The lowest BCUT2D eigenvalue weighted by molar-refractivity contribution is 0.0727. The average Bonchev–Trinajstić information content (AvgIpc) is 1.59. The van der Waals surface area contributed by atoms with Crippen LogP contribution in [0.3, 0.4) is 0 Å². The highest BCUT2D eigenvalue weighted by Crippen LogP contribution is 2.08. The fraction of sp³-hybridized carbons (Fsp3) is 0.714. The van der Waals surface area contributed by atoms with Gasteiger partial charge in [-0.3, -0.25) is 0 Å². The maximum atomic E-state index is 9.03. The van der Waals surface area contributed by atoms with Crippen molar-refractivity contribution < 1.29 is 5.11 Å². The van der Waals surface area contributed by atoms with Crippen LogP contribution in [0.2, 0.25) is 0 Å². The van der Waals surface area contributed by atoms with Crippen LogP contribution in [0.5, 0.6) is 0 Å². The van der Waals surface area contributed by atoms with Crippen LogP contribution in [0.15, 0.2) is 0 Å². The Morgan fingerprint density at radius 1 is 1.62 bits per heavy atom. The Morgan fingerprint density at radius 3 is 2.25 bits per heavy atom. The van der Waals surface area contributed by atoms with E-state index in [2.05, 4.69) is 5.92 Å². The Kier molecular flexibility index (Phi) is 2.57. The summed E-state index contributed by atoms with van der Waals surface area (Å²) in [5.41, 5.74) is -0.631. The predicted molar refractivity (Wildman–Crippen MR) is 32.7 cm³/mol. The van der Waals surface area contributed by atoms with E-state index in [0.29, 0.717) is 12.8 Å². The Bertz CT molecular complexity index is 91.9. The minimum Gasteiger partial charge on any atom is -0.390 e. The third-order valence-electron chi connectivity index (χ3n) is 0.862. The molecule has 1 N–H and O–H groups in total. The monoisotopic (exact) mass is 111 g/mol. The lowest BCUT2D eigenvalue weighted by Crippen LogP contribution is -2.17. The van der Waals surface area contributed by atoms with Crippen molar-refractivity contribution in [3.8, 4) is 5.92 Å². The quantitative estimate of drug-likeness (QED) is 0.529. The van der Waals surface area contributed by atoms with E-state index in [1.807, 2.05) is 0 Å². The highest BCUT2D eigenvalue weighted by Gasteiger charge is 2.09. The highest BCUT2D eigenvalue weighted by molar-refractivity contribution is 4.79. The van der Waals surface area contributed by atoms with Gasteiger partial charge in [-0.05, 0) is 26.7 Å². The van der Waals surface area contributed by atoms with E-state index in [0.717, 1.165) is 0 Å². The predicted octanol–water partition coefficient (Wildman–Crippen LogP) is 1.13. The van der Waals surface area contributed by atoms with Crippen LogP contribution in [-0.2, 0) is 0 Å². The van der Waals surface area contributed by atoms with E-state index in [9.17, 15) is 0 Å². The molecule has 0 aromatic heterocycles. The molecule has 0 aliphatic heterocycles. The lowest BCUT2D eigenvalue weighted by atomic mass is 10.0. The summed E-state index contributed by atoms with van der Waals surface area (Å²) in [6.07, 6.45) is 7.69. The van der Waals surface area contributed by atoms with Crippen molar-refractivity contribution in [3.63, 3.8) is 0 Å². The summed E-state index contributed by atoms with van der Waals surface area (Å²) in [7, 11) is 0. The molecule has 0 aromatic rings. The molecule has 8 heavy (non-hydrogen) atoms. The van der Waals surface area contributed by atoms with Crippen molar-refractivity contribution >= 4 is 0 Å². The van der Waals surface area contributed by atoms with Crippen molar-refractivity contribution in [1.29, 1.82) is 0 Å². The van der Waals surface area contributed by atoms with Crippen molar-refractivity contribution in [2.24, 2.45) is 0 Å². The molecule has 0 aliphatic rings. The first-order valence-corrected chi connectivity index (χ1v) is 2.68. The fourth-order valence-electron chi connectivity index (χ4n) is 0.368. The molecule has 0 saturated carbocycles. The number of aliphatic hydroxyl groups is 1. The largest absolute Gasteiger partial charge is 0.390 e. The standard InChI is InChI=1S/C7H11O/c1-4-5-6-7(2,3)8/h8H,5-6H2,2-3H3. The van der Waals surface area contributed by atoms with Crippen LogP contribution >= 0.6 is 0 Å². The van der Waals surface area contributed by atoms with Crippen LogP contribution < -0.4 is 0 Å². The first-order chi connectivity index (χ1) is 3.56. The molecule has 0 fully saturated rings. The molecular formula is C7H11O. The Balaban J connectivity index is 3.28. The van der Waals surface area contributed by atoms with E-state index in [1.165, 1.54) is 0 Å². The SMILES string of the molecule is [C]#CCCC(C)(C)O. The van der Waals surface area contributed by atoms with Crippen LogP contribution in [-0.4, -0.2) is 10.7 Å². The smallest absolute Gasteiger partial charge is 0.0600 e. The second-order valence-corrected chi connectivity index (χ2v) is 2.49. The summed E-state index contributed by atoms with van der Waals surface area (Å²) in [5, 5.41) is 9.03. The highest BCUT2D eigenvalue weighted by atomic mass is 16.3. The molecule has 0 aliphatic carbocycles. The lowest BCUT2D eigenvalue weighted by Gasteiger charge is -2.13. The topological polar surface area (TPSA) is 20.2 Å². The van der Waals surface area contributed by atoms with Crippen LogP contribution in [0, 0.1) is 12.3 Å². The van der Waals surface area contributed by atoms with Gasteiger partial charge in [0, 0.05) is 6.42 Å². The molecule has 1 heteroatoms. The zero-order chi connectivity index (χ0) is 6.62. The normalized spacial score (nSPS) is 10.8. The molecular weight excluding hydrogens is 100 g/mol. The van der Waals surface area contributed by atoms with Gasteiger partial charge in [-0.2, -0.15) is 0 Å². The van der Waals surface area contributed by atoms with Gasteiger partial charge in [0.15, 0.2) is 0 Å². The van der Waals surface area contributed by atoms with Gasteiger partial charge < -0.3 is 5.11 Å². The molecule has 0 unspecified atom stereocenters. The second kappa shape index (κ2) is 2.74. The maximum Gasteiger partial charge on any atom is 0.0600 e. The molecule has 0 amide bonds. The summed E-state index contributed by atoms with van der Waals surface area (Å²) in [4.78, 5) is 0. The second-order valence-electron chi connectivity index (χ2n) is 2.49. The third-order valence-corrected chi connectivity index (χ3v) is 0.862. The maximum absolute atomic E-state index is 9.03. The van der Waals surface area contributed by atoms with Gasteiger partial charge >= 0.3 is 0 Å². The van der Waals surface area contributed by atoms with Gasteiger partial charge in [-0.25, -0.2) is 0 Å². The molecule has 0 aromatic carbocycles. The molecule has 1 radical (unpaired) electrons. The molecule has 0 atom stereocenters. The first kappa shape index (κ1) is 7.52. The van der Waals surface area contributed by atoms with Crippen molar-refractivity contribution in [1.82, 2.24) is 0 Å². The van der Waals surface area contributed by atoms with Crippen LogP contribution in [0.25, 0.3) is 0 Å². The summed E-state index contributed by atoms with van der Waals surface area (Å²) >= 11 is 0. The van der Waals surface area contributed by atoms with Gasteiger partial charge in [0.2, 0.25) is 0 Å². The Labute approximate surface area is 50.7 Å². The fourth-order valence-corrected chi connectivity index (χ4v) is 0.368. The van der Waals surface area contributed by atoms with Crippen molar-refractivity contribution in [2.45, 2.75) is 32.3 Å². The van der Waals surface area contributed by atoms with Crippen LogP contribution in [0.4, 0.5) is 0 Å². The number of hydrogen-bond acceptors (Lipinski definition) is 1. The minimum absolute atomic E-state index is 0.545. The molecule has 1 nitrogen and oxygen atoms in total. The zero-order valence-corrected chi connectivity index (χ0v) is 5.36. The van der Waals surface area contributed by atoms with Crippen molar-refractivity contribution in [2.75, 3.05) is 0 Å².